The van der Waals surface area contributed by atoms with E-state index >= 15 is 0 Å². The SMILES string of the molecule is CCCCCCCCC(CCCCCCCCC(C)=O)C(CCCCCCCC)CCCCCCCCC(=O)NCCNC(=O)CCCCCCCCC(CCCCCCCC)C(CCCCCCCC)CCCCCCCCC(=O)OCCOCCCCOC. The monoisotopic (exact) mass is 1290 g/mol. The molecule has 4 unspecified atom stereocenters. The molecule has 0 aliphatic heterocycles. The van der Waals surface area contributed by atoms with Crippen molar-refractivity contribution >= 4 is 23.6 Å². The zero-order valence-corrected chi connectivity index (χ0v) is 62.3. The molecule has 0 aromatic rings. The summed E-state index contributed by atoms with van der Waals surface area (Å²) in [6, 6.07) is 0. The van der Waals surface area contributed by atoms with Gasteiger partial charge in [-0.25, -0.2) is 0 Å². The van der Waals surface area contributed by atoms with Crippen LogP contribution in [0.2, 0.25) is 0 Å². The molecule has 0 aromatic heterocycles. The maximum Gasteiger partial charge on any atom is 0.305 e. The van der Waals surface area contributed by atoms with E-state index in [0.717, 1.165) is 94.5 Å². The van der Waals surface area contributed by atoms with Crippen LogP contribution in [0.25, 0.3) is 0 Å². The van der Waals surface area contributed by atoms with Gasteiger partial charge in [-0.1, -0.05) is 362 Å². The van der Waals surface area contributed by atoms with Gasteiger partial charge in [0.1, 0.15) is 12.4 Å². The summed E-state index contributed by atoms with van der Waals surface area (Å²) in [4.78, 5) is 49.0. The molecule has 0 fully saturated rings. The van der Waals surface area contributed by atoms with Crippen molar-refractivity contribution in [2.45, 2.75) is 433 Å². The normalized spacial score (nSPS) is 12.9. The lowest BCUT2D eigenvalue weighted by atomic mass is 9.78. The van der Waals surface area contributed by atoms with Crippen LogP contribution in [-0.2, 0) is 33.4 Å². The topological polar surface area (TPSA) is 120 Å². The molecule has 9 nitrogen and oxygen atoms in total. The molecule has 0 spiro atoms. The average Bonchev–Trinajstić information content (AvgIpc) is 3.74. The first-order valence-electron chi connectivity index (χ1n) is 41.0. The summed E-state index contributed by atoms with van der Waals surface area (Å²) in [5.74, 6) is 3.99. The van der Waals surface area contributed by atoms with Gasteiger partial charge in [0.05, 0.1) is 6.61 Å². The van der Waals surface area contributed by atoms with Crippen LogP contribution in [0.3, 0.4) is 0 Å². The van der Waals surface area contributed by atoms with Crippen molar-refractivity contribution in [3.05, 3.63) is 0 Å². The summed E-state index contributed by atoms with van der Waals surface area (Å²) in [6.45, 7) is 14.3. The van der Waals surface area contributed by atoms with Gasteiger partial charge in [0, 0.05) is 59.1 Å². The molecule has 0 rings (SSSR count). The molecule has 0 aliphatic rings. The molecule has 2 amide bonds. The van der Waals surface area contributed by atoms with E-state index in [0.29, 0.717) is 58.0 Å². The molecule has 0 radical (unpaired) electrons. The fourth-order valence-electron chi connectivity index (χ4n) is 14.3. The van der Waals surface area contributed by atoms with E-state index in [9.17, 15) is 19.2 Å². The largest absolute Gasteiger partial charge is 0.463 e. The van der Waals surface area contributed by atoms with E-state index in [4.69, 9.17) is 14.2 Å². The molecule has 0 aromatic carbocycles. The molecule has 2 N–H and O–H groups in total. The summed E-state index contributed by atoms with van der Waals surface area (Å²) in [7, 11) is 1.72. The quantitative estimate of drug-likeness (QED) is 0.0460. The van der Waals surface area contributed by atoms with Crippen LogP contribution in [0.4, 0.5) is 0 Å². The number of amides is 2. The Morgan fingerprint density at radius 2 is 0.527 bits per heavy atom. The molecule has 0 saturated carbocycles. The number of unbranched alkanes of at least 4 members (excludes halogenated alkanes) is 41. The Bertz CT molecular complexity index is 1510. The highest BCUT2D eigenvalue weighted by Crippen LogP contribution is 2.36. The predicted octanol–water partition coefficient (Wildman–Crippen LogP) is 24.7. The van der Waals surface area contributed by atoms with E-state index in [2.05, 4.69) is 38.3 Å². The summed E-state index contributed by atoms with van der Waals surface area (Å²) < 4.78 is 16.0. The predicted molar refractivity (Wildman–Crippen MR) is 393 cm³/mol. The summed E-state index contributed by atoms with van der Waals surface area (Å²) >= 11 is 0. The van der Waals surface area contributed by atoms with Crippen molar-refractivity contribution in [1.82, 2.24) is 10.6 Å². The van der Waals surface area contributed by atoms with Gasteiger partial charge in [0.2, 0.25) is 11.8 Å². The minimum atomic E-state index is -0.0872. The van der Waals surface area contributed by atoms with E-state index in [-0.39, 0.29) is 17.8 Å². The molecule has 0 saturated heterocycles. The number of rotatable bonds is 77. The molecule has 0 aliphatic carbocycles. The lowest BCUT2D eigenvalue weighted by Crippen LogP contribution is -2.34. The second-order valence-corrected chi connectivity index (χ2v) is 28.8. The molecular weight excluding hydrogens is 1120 g/mol. The zero-order chi connectivity index (χ0) is 66.2. The number of hydrogen-bond acceptors (Lipinski definition) is 7. The van der Waals surface area contributed by atoms with Crippen molar-refractivity contribution in [3.8, 4) is 0 Å². The highest BCUT2D eigenvalue weighted by Gasteiger charge is 2.23. The number of methoxy groups -OCH3 is 1. The van der Waals surface area contributed by atoms with Crippen molar-refractivity contribution < 1.29 is 33.4 Å². The van der Waals surface area contributed by atoms with E-state index in [1.807, 2.05) is 0 Å². The van der Waals surface area contributed by atoms with Gasteiger partial charge in [-0.3, -0.25) is 14.4 Å². The third-order valence-corrected chi connectivity index (χ3v) is 20.2. The third kappa shape index (κ3) is 66.4. The van der Waals surface area contributed by atoms with Crippen molar-refractivity contribution in [3.63, 3.8) is 0 Å². The third-order valence-electron chi connectivity index (χ3n) is 20.2. The number of carbonyl (C=O) groups excluding carboxylic acids is 4. The Morgan fingerprint density at radius 1 is 0.275 bits per heavy atom. The Kier molecular flexibility index (Phi) is 72.2. The Balaban J connectivity index is 4.71. The van der Waals surface area contributed by atoms with Gasteiger partial charge >= 0.3 is 5.97 Å². The molecule has 91 heavy (non-hydrogen) atoms. The number of ether oxygens (including phenoxy) is 3. The summed E-state index contributed by atoms with van der Waals surface area (Å²) in [6.07, 6.45) is 78.3. The van der Waals surface area contributed by atoms with Gasteiger partial charge in [0.15, 0.2) is 0 Å². The Hall–Kier alpha value is -2.00. The second kappa shape index (κ2) is 73.8. The van der Waals surface area contributed by atoms with Gasteiger partial charge in [-0.05, 0) is 69.1 Å². The van der Waals surface area contributed by atoms with Crippen molar-refractivity contribution in [2.24, 2.45) is 23.7 Å². The fourth-order valence-corrected chi connectivity index (χ4v) is 14.3. The van der Waals surface area contributed by atoms with E-state index in [1.165, 1.54) is 315 Å². The van der Waals surface area contributed by atoms with Crippen molar-refractivity contribution in [2.75, 3.05) is 46.6 Å². The molecular formula is C82H160N2O7. The van der Waals surface area contributed by atoms with E-state index < -0.39 is 0 Å². The molecule has 9 heteroatoms. The molecule has 0 heterocycles. The van der Waals surface area contributed by atoms with Crippen molar-refractivity contribution in [1.29, 1.82) is 0 Å². The number of carbonyl (C=O) groups is 4. The number of ketones is 1. The minimum absolute atomic E-state index is 0.0872. The first-order chi connectivity index (χ1) is 44.7. The highest BCUT2D eigenvalue weighted by atomic mass is 16.6. The van der Waals surface area contributed by atoms with Crippen LogP contribution >= 0.6 is 0 Å². The Labute approximate surface area is 567 Å². The fraction of sp³-hybridized carbons (Fsp3) is 0.951. The van der Waals surface area contributed by atoms with E-state index in [1.54, 1.807) is 14.0 Å². The smallest absolute Gasteiger partial charge is 0.305 e. The number of esters is 1. The van der Waals surface area contributed by atoms with Gasteiger partial charge in [-0.15, -0.1) is 0 Å². The highest BCUT2D eigenvalue weighted by molar-refractivity contribution is 5.77. The molecule has 0 bridgehead atoms. The van der Waals surface area contributed by atoms with Gasteiger partial charge < -0.3 is 29.6 Å². The van der Waals surface area contributed by atoms with Crippen LogP contribution in [0, 0.1) is 23.7 Å². The maximum atomic E-state index is 12.7. The van der Waals surface area contributed by atoms with Crippen LogP contribution in [0.1, 0.15) is 433 Å². The summed E-state index contributed by atoms with van der Waals surface area (Å²) in [5.41, 5.74) is 0. The first kappa shape index (κ1) is 89.0. The first-order valence-corrected chi connectivity index (χ1v) is 41.0. The Morgan fingerprint density at radius 3 is 0.813 bits per heavy atom. The average molecular weight is 1290 g/mol. The molecule has 4 atom stereocenters. The van der Waals surface area contributed by atoms with Crippen LogP contribution in [-0.4, -0.2) is 70.2 Å². The van der Waals surface area contributed by atoms with Crippen LogP contribution < -0.4 is 10.6 Å². The zero-order valence-electron chi connectivity index (χ0n) is 62.3. The number of hydrogen-bond donors (Lipinski definition) is 2. The molecule has 540 valence electrons. The van der Waals surface area contributed by atoms with Crippen LogP contribution in [0.5, 0.6) is 0 Å². The maximum absolute atomic E-state index is 12.7. The van der Waals surface area contributed by atoms with Crippen LogP contribution in [0.15, 0.2) is 0 Å². The standard InChI is InChI=1S/C82H160N2O7/c1-7-11-15-19-32-44-58-76(62-48-36-24-23-31-43-57-75(5)85)77(59-45-33-20-16-12-8-2)63-49-37-25-28-40-52-66-80(86)83-69-70-84-81(87)67-53-41-29-26-38-50-64-78(60-46-34-21-17-13-9-3)79(61-47-35-22-18-14-10-4)65-51-39-27-30-42-54-68-82(88)91-74-73-90-72-56-55-71-89-6/h76-79H,7-74H2,1-6H3,(H,83,86)(H,84,87). The number of nitrogens with one attached hydrogen (secondary N) is 2. The lowest BCUT2D eigenvalue weighted by Gasteiger charge is -2.28. The van der Waals surface area contributed by atoms with Gasteiger partial charge in [-0.2, -0.15) is 0 Å². The lowest BCUT2D eigenvalue weighted by molar-refractivity contribution is -0.145. The van der Waals surface area contributed by atoms with Gasteiger partial charge in [0.25, 0.3) is 0 Å². The number of Topliss-reactive ketones (excluding diaryl/α,β-unsaturated/α-hetero) is 1. The minimum Gasteiger partial charge on any atom is -0.463 e. The summed E-state index contributed by atoms with van der Waals surface area (Å²) in [5, 5.41) is 6.13. The second-order valence-electron chi connectivity index (χ2n) is 28.8.